The number of halogens is 2. The number of hydrogen-bond acceptors (Lipinski definition) is 7. The zero-order chi connectivity index (χ0) is 21.9. The van der Waals surface area contributed by atoms with Crippen LogP contribution in [-0.2, 0) is 20.9 Å². The third-order valence-electron chi connectivity index (χ3n) is 3.87. The summed E-state index contributed by atoms with van der Waals surface area (Å²) in [5.74, 6) is -1.00. The Bertz CT molecular complexity index is 857. The van der Waals surface area contributed by atoms with E-state index in [1.54, 1.807) is 17.5 Å². The van der Waals surface area contributed by atoms with Crippen molar-refractivity contribution in [3.05, 3.63) is 46.2 Å². The van der Waals surface area contributed by atoms with Crippen molar-refractivity contribution < 1.29 is 37.4 Å². The van der Waals surface area contributed by atoms with Crippen LogP contribution in [0, 0.1) is 0 Å². The van der Waals surface area contributed by atoms with E-state index in [4.69, 9.17) is 9.47 Å². The highest BCUT2D eigenvalue weighted by Gasteiger charge is 2.13. The van der Waals surface area contributed by atoms with Crippen LogP contribution in [0.2, 0.25) is 0 Å². The SMILES string of the molecule is COc1cc(COC(=O)CCNC(=O)CCC(=O)c2cccs2)ccc1OC(F)F. The summed E-state index contributed by atoms with van der Waals surface area (Å²) in [6.45, 7) is -2.99. The molecular formula is C20H21F2NO6S. The van der Waals surface area contributed by atoms with Gasteiger partial charge in [-0.3, -0.25) is 14.4 Å². The molecule has 2 aromatic rings. The van der Waals surface area contributed by atoms with Crippen molar-refractivity contribution >= 4 is 29.0 Å². The third kappa shape index (κ3) is 7.78. The first-order valence-corrected chi connectivity index (χ1v) is 9.87. The van der Waals surface area contributed by atoms with Crippen molar-refractivity contribution in [2.75, 3.05) is 13.7 Å². The average molecular weight is 441 g/mol. The molecule has 0 bridgehead atoms. The normalized spacial score (nSPS) is 10.5. The number of carbonyl (C=O) groups excluding carboxylic acids is 3. The van der Waals surface area contributed by atoms with E-state index in [0.29, 0.717) is 10.4 Å². The summed E-state index contributed by atoms with van der Waals surface area (Å²) in [4.78, 5) is 36.0. The van der Waals surface area contributed by atoms with Gasteiger partial charge in [-0.25, -0.2) is 0 Å². The minimum absolute atomic E-state index is 0.0403. The maximum absolute atomic E-state index is 12.3. The van der Waals surface area contributed by atoms with E-state index < -0.39 is 12.6 Å². The molecule has 30 heavy (non-hydrogen) atoms. The van der Waals surface area contributed by atoms with Crippen molar-refractivity contribution in [3.8, 4) is 11.5 Å². The Morgan fingerprint density at radius 1 is 1.10 bits per heavy atom. The molecule has 0 fully saturated rings. The second-order valence-electron chi connectivity index (χ2n) is 6.02. The smallest absolute Gasteiger partial charge is 0.387 e. The Balaban J connectivity index is 1.67. The van der Waals surface area contributed by atoms with Crippen LogP contribution in [0.25, 0.3) is 0 Å². The first kappa shape index (κ1) is 23.3. The van der Waals surface area contributed by atoms with Crippen molar-refractivity contribution in [2.45, 2.75) is 32.5 Å². The quantitative estimate of drug-likeness (QED) is 0.400. The number of thiophene rings is 1. The molecule has 0 saturated carbocycles. The van der Waals surface area contributed by atoms with Crippen LogP contribution < -0.4 is 14.8 Å². The van der Waals surface area contributed by atoms with Gasteiger partial charge < -0.3 is 19.5 Å². The highest BCUT2D eigenvalue weighted by molar-refractivity contribution is 7.12. The third-order valence-corrected chi connectivity index (χ3v) is 4.78. The highest BCUT2D eigenvalue weighted by Crippen LogP contribution is 2.29. The zero-order valence-electron chi connectivity index (χ0n) is 16.2. The van der Waals surface area contributed by atoms with E-state index in [-0.39, 0.29) is 55.6 Å². The Kier molecular flexibility index (Phi) is 9.20. The summed E-state index contributed by atoms with van der Waals surface area (Å²) >= 11 is 1.32. The maximum atomic E-state index is 12.3. The van der Waals surface area contributed by atoms with Crippen LogP contribution >= 0.6 is 11.3 Å². The molecule has 0 spiro atoms. The predicted molar refractivity (Wildman–Crippen MR) is 105 cm³/mol. The van der Waals surface area contributed by atoms with Crippen molar-refractivity contribution in [3.63, 3.8) is 0 Å². The lowest BCUT2D eigenvalue weighted by atomic mass is 10.2. The van der Waals surface area contributed by atoms with Crippen molar-refractivity contribution in [1.82, 2.24) is 5.32 Å². The van der Waals surface area contributed by atoms with Gasteiger partial charge in [0, 0.05) is 19.4 Å². The summed E-state index contributed by atoms with van der Waals surface area (Å²) in [5.41, 5.74) is 0.526. The van der Waals surface area contributed by atoms with E-state index in [9.17, 15) is 23.2 Å². The predicted octanol–water partition coefficient (Wildman–Crippen LogP) is 3.57. The van der Waals surface area contributed by atoms with E-state index in [1.807, 2.05) is 0 Å². The van der Waals surface area contributed by atoms with E-state index in [2.05, 4.69) is 10.1 Å². The summed E-state index contributed by atoms with van der Waals surface area (Å²) in [7, 11) is 1.31. The van der Waals surface area contributed by atoms with Gasteiger partial charge in [-0.1, -0.05) is 12.1 Å². The van der Waals surface area contributed by atoms with E-state index in [1.165, 1.54) is 36.6 Å². The molecule has 1 amide bonds. The molecule has 0 aliphatic carbocycles. The fourth-order valence-corrected chi connectivity index (χ4v) is 3.11. The molecule has 0 aliphatic rings. The number of rotatable bonds is 12. The van der Waals surface area contributed by atoms with Gasteiger partial charge in [0.15, 0.2) is 17.3 Å². The summed E-state index contributed by atoms with van der Waals surface area (Å²) in [6.07, 6.45) is 0.0941. The number of hydrogen-bond donors (Lipinski definition) is 1. The van der Waals surface area contributed by atoms with Crippen molar-refractivity contribution in [2.24, 2.45) is 0 Å². The van der Waals surface area contributed by atoms with E-state index >= 15 is 0 Å². The van der Waals surface area contributed by atoms with Crippen LogP contribution in [0.3, 0.4) is 0 Å². The maximum Gasteiger partial charge on any atom is 0.387 e. The monoisotopic (exact) mass is 441 g/mol. The minimum atomic E-state index is -2.98. The Hall–Kier alpha value is -3.01. The Morgan fingerprint density at radius 3 is 2.57 bits per heavy atom. The number of esters is 1. The first-order chi connectivity index (χ1) is 14.4. The second-order valence-corrected chi connectivity index (χ2v) is 6.97. The number of Topliss-reactive ketones (excluding diaryl/α,β-unsaturated/α-hetero) is 1. The summed E-state index contributed by atoms with van der Waals surface area (Å²) in [6, 6.07) is 7.67. The van der Waals surface area contributed by atoms with Gasteiger partial charge >= 0.3 is 12.6 Å². The molecule has 1 aromatic carbocycles. The summed E-state index contributed by atoms with van der Waals surface area (Å²) < 4.78 is 39.0. The lowest BCUT2D eigenvalue weighted by molar-refractivity contribution is -0.144. The number of carbonyl (C=O) groups is 3. The fraction of sp³-hybridized carbons (Fsp3) is 0.350. The van der Waals surface area contributed by atoms with Gasteiger partial charge in [-0.05, 0) is 29.1 Å². The van der Waals surface area contributed by atoms with Gasteiger partial charge in [0.1, 0.15) is 6.61 Å². The van der Waals surface area contributed by atoms with Crippen LogP contribution in [-0.4, -0.2) is 37.9 Å². The molecule has 0 radical (unpaired) electrons. The lowest BCUT2D eigenvalue weighted by Crippen LogP contribution is -2.26. The number of ether oxygens (including phenoxy) is 3. The first-order valence-electron chi connectivity index (χ1n) is 8.99. The molecule has 1 heterocycles. The van der Waals surface area contributed by atoms with Crippen molar-refractivity contribution in [1.29, 1.82) is 0 Å². The summed E-state index contributed by atoms with van der Waals surface area (Å²) in [5, 5.41) is 4.35. The number of benzene rings is 1. The Morgan fingerprint density at radius 2 is 1.90 bits per heavy atom. The van der Waals surface area contributed by atoms with Crippen LogP contribution in [0.1, 0.15) is 34.5 Å². The topological polar surface area (TPSA) is 90.9 Å². The fourth-order valence-electron chi connectivity index (χ4n) is 2.41. The molecular weight excluding hydrogens is 420 g/mol. The molecule has 1 N–H and O–H groups in total. The second kappa shape index (κ2) is 11.9. The van der Waals surface area contributed by atoms with E-state index in [0.717, 1.165) is 0 Å². The van der Waals surface area contributed by atoms with Gasteiger partial charge in [-0.2, -0.15) is 8.78 Å². The minimum Gasteiger partial charge on any atom is -0.493 e. The lowest BCUT2D eigenvalue weighted by Gasteiger charge is -2.11. The molecule has 2 rings (SSSR count). The molecule has 10 heteroatoms. The van der Waals surface area contributed by atoms with Crippen LogP contribution in [0.4, 0.5) is 8.78 Å². The number of ketones is 1. The average Bonchev–Trinajstić information content (AvgIpc) is 3.26. The van der Waals surface area contributed by atoms with Gasteiger partial charge in [0.2, 0.25) is 5.91 Å². The molecule has 1 aromatic heterocycles. The van der Waals surface area contributed by atoms with Gasteiger partial charge in [0.05, 0.1) is 18.4 Å². The Labute approximate surface area is 175 Å². The molecule has 0 aliphatic heterocycles. The largest absolute Gasteiger partial charge is 0.493 e. The molecule has 7 nitrogen and oxygen atoms in total. The van der Waals surface area contributed by atoms with Gasteiger partial charge in [0.25, 0.3) is 0 Å². The zero-order valence-corrected chi connectivity index (χ0v) is 17.0. The van der Waals surface area contributed by atoms with Crippen LogP contribution in [0.5, 0.6) is 11.5 Å². The number of amides is 1. The number of nitrogens with one attached hydrogen (secondary N) is 1. The molecule has 0 saturated heterocycles. The molecule has 0 unspecified atom stereocenters. The van der Waals surface area contributed by atoms with Gasteiger partial charge in [-0.15, -0.1) is 11.3 Å². The standard InChI is InChI=1S/C20H21F2NO6S/c1-27-16-11-13(4-6-15(16)29-20(21)22)12-28-19(26)8-9-23-18(25)7-5-14(24)17-3-2-10-30-17/h2-4,6,10-11,20H,5,7-9,12H2,1H3,(H,23,25). The van der Waals surface area contributed by atoms with Crippen LogP contribution in [0.15, 0.2) is 35.7 Å². The highest BCUT2D eigenvalue weighted by atomic mass is 32.1. The number of methoxy groups -OCH3 is 1. The molecule has 162 valence electrons. The molecule has 0 atom stereocenters. The number of alkyl halides is 2.